The highest BCUT2D eigenvalue weighted by molar-refractivity contribution is 7.51. The Labute approximate surface area is 176 Å². The number of amides is 6. The molecule has 31 heavy (non-hydrogen) atoms. The van der Waals surface area contributed by atoms with Gasteiger partial charge in [-0.15, -0.1) is 0 Å². The topological polar surface area (TPSA) is 195 Å². The predicted octanol–water partition coefficient (Wildman–Crippen LogP) is -0.326. The van der Waals surface area contributed by atoms with Gasteiger partial charge in [0, 0.05) is 0 Å². The molecular formula is C15H24N5O10P. The second-order valence-electron chi connectivity index (χ2n) is 7.71. The molecule has 15 nitrogen and oxygen atoms in total. The molecule has 16 heteroatoms. The standard InChI is InChI=1S/C15H24N5O10P/c1-8-10(16-12(23)24)11(22)20(8)31(27,28)29-7-9(21)18-5-6-19(14(18)26)17-13(25)30-15(2,3)4/h8,10,16H,5-7H2,1-4H3,(H,17,25)(H,23,24)(H,27,28)/t8-,10?/m0/s1. The van der Waals surface area contributed by atoms with Crippen LogP contribution >= 0.6 is 7.75 Å². The van der Waals surface area contributed by atoms with Gasteiger partial charge in [-0.1, -0.05) is 0 Å². The summed E-state index contributed by atoms with van der Waals surface area (Å²) in [6.45, 7) is 5.02. The van der Waals surface area contributed by atoms with Crippen LogP contribution in [0.25, 0.3) is 0 Å². The largest absolute Gasteiger partial charge is 0.465 e. The summed E-state index contributed by atoms with van der Waals surface area (Å²) in [5.74, 6) is -1.97. The maximum atomic E-state index is 12.3. The number of carbonyl (C=O) groups excluding carboxylic acids is 4. The molecule has 2 aliphatic heterocycles. The first-order valence-corrected chi connectivity index (χ1v) is 10.6. The van der Waals surface area contributed by atoms with Gasteiger partial charge in [0.15, 0.2) is 0 Å². The molecular weight excluding hydrogens is 441 g/mol. The molecule has 174 valence electrons. The summed E-state index contributed by atoms with van der Waals surface area (Å²) in [6.07, 6.45) is -2.38. The minimum Gasteiger partial charge on any atom is -0.465 e. The fourth-order valence-electron chi connectivity index (χ4n) is 2.84. The number of imide groups is 1. The molecule has 0 bridgehead atoms. The summed E-state index contributed by atoms with van der Waals surface area (Å²) in [6, 6.07) is -3.10. The van der Waals surface area contributed by atoms with Crippen molar-refractivity contribution in [1.29, 1.82) is 0 Å². The van der Waals surface area contributed by atoms with Gasteiger partial charge >= 0.3 is 26.0 Å². The highest BCUT2D eigenvalue weighted by Crippen LogP contribution is 2.52. The number of carbonyl (C=O) groups is 5. The molecule has 2 heterocycles. The Balaban J connectivity index is 1.89. The van der Waals surface area contributed by atoms with Crippen molar-refractivity contribution in [2.45, 2.75) is 45.4 Å². The molecule has 2 rings (SSSR count). The fourth-order valence-corrected chi connectivity index (χ4v) is 4.21. The summed E-state index contributed by atoms with van der Waals surface area (Å²) >= 11 is 0. The molecule has 2 fully saturated rings. The molecule has 0 spiro atoms. The first-order valence-electron chi connectivity index (χ1n) is 9.06. The number of nitrogens with one attached hydrogen (secondary N) is 2. The van der Waals surface area contributed by atoms with Gasteiger partial charge < -0.3 is 20.1 Å². The van der Waals surface area contributed by atoms with Crippen molar-refractivity contribution in [3.8, 4) is 0 Å². The highest BCUT2D eigenvalue weighted by Gasteiger charge is 2.54. The van der Waals surface area contributed by atoms with Gasteiger partial charge in [0.05, 0.1) is 19.1 Å². The number of urea groups is 1. The molecule has 0 aromatic carbocycles. The van der Waals surface area contributed by atoms with E-state index < -0.39 is 62.1 Å². The van der Waals surface area contributed by atoms with Gasteiger partial charge in [-0.25, -0.2) is 34.1 Å². The second-order valence-corrected chi connectivity index (χ2v) is 9.38. The first-order chi connectivity index (χ1) is 14.1. The van der Waals surface area contributed by atoms with Gasteiger partial charge in [0.2, 0.25) is 0 Å². The number of carboxylic acid groups (broad SMARTS) is 1. The third-order valence-electron chi connectivity index (χ3n) is 4.20. The lowest BCUT2D eigenvalue weighted by Crippen LogP contribution is -2.68. The summed E-state index contributed by atoms with van der Waals surface area (Å²) in [7, 11) is -4.78. The maximum Gasteiger partial charge on any atom is 0.435 e. The number of nitrogens with zero attached hydrogens (tertiary/aromatic N) is 3. The molecule has 0 radical (unpaired) electrons. The average Bonchev–Trinajstić information content (AvgIpc) is 2.96. The van der Waals surface area contributed by atoms with E-state index >= 15 is 0 Å². The second kappa shape index (κ2) is 8.69. The zero-order valence-corrected chi connectivity index (χ0v) is 18.1. The Morgan fingerprint density at radius 3 is 2.35 bits per heavy atom. The van der Waals surface area contributed by atoms with Gasteiger partial charge in [0.1, 0.15) is 18.2 Å². The molecule has 0 aromatic rings. The molecule has 0 saturated carbocycles. The number of hydrogen-bond donors (Lipinski definition) is 4. The summed E-state index contributed by atoms with van der Waals surface area (Å²) < 4.78 is 22.5. The van der Waals surface area contributed by atoms with Crippen LogP contribution in [0.15, 0.2) is 0 Å². The van der Waals surface area contributed by atoms with Crippen molar-refractivity contribution in [1.82, 2.24) is 25.3 Å². The van der Waals surface area contributed by atoms with Crippen LogP contribution in [-0.4, -0.2) is 92.0 Å². The van der Waals surface area contributed by atoms with Gasteiger partial charge in [-0.2, -0.15) is 0 Å². The Morgan fingerprint density at radius 2 is 1.84 bits per heavy atom. The molecule has 2 aliphatic rings. The Kier molecular flexibility index (Phi) is 6.83. The molecule has 6 amide bonds. The van der Waals surface area contributed by atoms with Gasteiger partial charge in [-0.3, -0.25) is 19.0 Å². The third kappa shape index (κ3) is 5.62. The zero-order valence-electron chi connectivity index (χ0n) is 17.2. The molecule has 2 unspecified atom stereocenters. The van der Waals surface area contributed by atoms with E-state index in [1.54, 1.807) is 20.8 Å². The van der Waals surface area contributed by atoms with Crippen LogP contribution in [-0.2, 0) is 23.4 Å². The average molecular weight is 465 g/mol. The van der Waals surface area contributed by atoms with E-state index in [4.69, 9.17) is 14.4 Å². The SMILES string of the molecule is C[C@H]1C(NC(=O)O)C(=O)N1P(=O)(O)OCC(=O)N1CCN(NC(=O)OC(C)(C)C)C1=O. The van der Waals surface area contributed by atoms with Crippen molar-refractivity contribution in [3.05, 3.63) is 0 Å². The summed E-state index contributed by atoms with van der Waals surface area (Å²) in [5.41, 5.74) is 1.38. The minimum atomic E-state index is -4.78. The van der Waals surface area contributed by atoms with Gasteiger partial charge in [0.25, 0.3) is 11.8 Å². The molecule has 0 aliphatic carbocycles. The zero-order chi connectivity index (χ0) is 23.7. The van der Waals surface area contributed by atoms with E-state index in [-0.39, 0.29) is 13.1 Å². The van der Waals surface area contributed by atoms with E-state index in [2.05, 4.69) is 5.43 Å². The van der Waals surface area contributed by atoms with Crippen LogP contribution in [0.3, 0.4) is 0 Å². The van der Waals surface area contributed by atoms with E-state index in [9.17, 15) is 33.4 Å². The lowest BCUT2D eigenvalue weighted by atomic mass is 10.0. The number of ether oxygens (including phenoxy) is 1. The molecule has 3 atom stereocenters. The van der Waals surface area contributed by atoms with Crippen LogP contribution in [0.4, 0.5) is 14.4 Å². The quantitative estimate of drug-likeness (QED) is 0.298. The van der Waals surface area contributed by atoms with Crippen LogP contribution in [0, 0.1) is 0 Å². The van der Waals surface area contributed by atoms with Gasteiger partial charge in [-0.05, 0) is 27.7 Å². The Bertz CT molecular complexity index is 843. The van der Waals surface area contributed by atoms with E-state index in [0.717, 1.165) is 5.01 Å². The number of β-lactam (4-membered cyclic amide) rings is 1. The van der Waals surface area contributed by atoms with Crippen molar-refractivity contribution >= 4 is 37.8 Å². The predicted molar refractivity (Wildman–Crippen MR) is 100 cm³/mol. The number of rotatable bonds is 6. The fraction of sp³-hybridized carbons (Fsp3) is 0.667. The number of hydrogen-bond acceptors (Lipinski definition) is 8. The maximum absolute atomic E-state index is 12.3. The molecule has 0 aromatic heterocycles. The van der Waals surface area contributed by atoms with E-state index in [1.165, 1.54) is 6.92 Å². The van der Waals surface area contributed by atoms with Crippen molar-refractivity contribution in [3.63, 3.8) is 0 Å². The van der Waals surface area contributed by atoms with E-state index in [1.807, 2.05) is 5.32 Å². The third-order valence-corrected chi connectivity index (χ3v) is 5.77. The Morgan fingerprint density at radius 1 is 1.23 bits per heavy atom. The van der Waals surface area contributed by atoms with E-state index in [0.29, 0.717) is 9.57 Å². The van der Waals surface area contributed by atoms with Crippen molar-refractivity contribution < 1.29 is 47.8 Å². The first kappa shape index (κ1) is 24.4. The summed E-state index contributed by atoms with van der Waals surface area (Å²) in [5, 5.41) is 11.4. The lowest BCUT2D eigenvalue weighted by Gasteiger charge is -2.45. The van der Waals surface area contributed by atoms with Crippen LogP contribution in [0.1, 0.15) is 27.7 Å². The normalized spacial score (nSPS) is 23.2. The summed E-state index contributed by atoms with van der Waals surface area (Å²) in [4.78, 5) is 69.5. The van der Waals surface area contributed by atoms with Crippen molar-refractivity contribution in [2.24, 2.45) is 0 Å². The van der Waals surface area contributed by atoms with Crippen LogP contribution in [0.5, 0.6) is 0 Å². The minimum absolute atomic E-state index is 0.0508. The highest BCUT2D eigenvalue weighted by atomic mass is 31.2. The number of hydrazine groups is 1. The van der Waals surface area contributed by atoms with Crippen LogP contribution in [0.2, 0.25) is 0 Å². The Hall–Kier alpha value is -2.90. The molecule has 2 saturated heterocycles. The van der Waals surface area contributed by atoms with Crippen LogP contribution < -0.4 is 10.7 Å². The molecule has 4 N–H and O–H groups in total. The monoisotopic (exact) mass is 465 g/mol. The van der Waals surface area contributed by atoms with Crippen molar-refractivity contribution in [2.75, 3.05) is 19.7 Å². The smallest absolute Gasteiger partial charge is 0.435 e. The lowest BCUT2D eigenvalue weighted by molar-refractivity contribution is -0.143.